The number of nitrogens with one attached hydrogen (secondary N) is 1. The van der Waals surface area contributed by atoms with Crippen LogP contribution < -0.4 is 10.5 Å². The van der Waals surface area contributed by atoms with E-state index in [0.29, 0.717) is 0 Å². The first kappa shape index (κ1) is 11.8. The van der Waals surface area contributed by atoms with E-state index < -0.39 is 0 Å². The summed E-state index contributed by atoms with van der Waals surface area (Å²) in [6.45, 7) is 3.20. The van der Waals surface area contributed by atoms with Crippen LogP contribution >= 0.6 is 0 Å². The molecule has 5 heteroatoms. The van der Waals surface area contributed by atoms with Crippen LogP contribution in [0.5, 0.6) is 0 Å². The van der Waals surface area contributed by atoms with Gasteiger partial charge < -0.3 is 14.8 Å². The number of fused-ring (bicyclic) bond motifs is 1. The van der Waals surface area contributed by atoms with Gasteiger partial charge in [-0.25, -0.2) is 0 Å². The lowest BCUT2D eigenvalue weighted by atomic mass is 10.1. The standard InChI is InChI=1S/C14H15N3O2/c18-10-16-5-7-17(8-6-16)12-2-3-13-11(9-12)1-4-14(19)15-13/h1-4,9-10H,5-8H2,(H,15,19). The highest BCUT2D eigenvalue weighted by atomic mass is 16.1. The Morgan fingerprint density at radius 3 is 2.58 bits per heavy atom. The number of pyridine rings is 1. The van der Waals surface area contributed by atoms with Crippen molar-refractivity contribution in [2.75, 3.05) is 31.1 Å². The van der Waals surface area contributed by atoms with Gasteiger partial charge in [-0.3, -0.25) is 9.59 Å². The molecular weight excluding hydrogens is 242 g/mol. The molecule has 1 aliphatic heterocycles. The van der Waals surface area contributed by atoms with Gasteiger partial charge in [0.25, 0.3) is 0 Å². The maximum Gasteiger partial charge on any atom is 0.248 e. The van der Waals surface area contributed by atoms with Crippen LogP contribution in [0.15, 0.2) is 35.1 Å². The second-order valence-corrected chi connectivity index (χ2v) is 4.72. The number of benzene rings is 1. The molecule has 0 unspecified atom stereocenters. The molecule has 98 valence electrons. The largest absolute Gasteiger partial charge is 0.368 e. The summed E-state index contributed by atoms with van der Waals surface area (Å²) in [5.74, 6) is 0. The summed E-state index contributed by atoms with van der Waals surface area (Å²) in [4.78, 5) is 28.8. The second-order valence-electron chi connectivity index (χ2n) is 4.72. The molecule has 1 saturated heterocycles. The van der Waals surface area contributed by atoms with Crippen molar-refractivity contribution >= 4 is 23.0 Å². The summed E-state index contributed by atoms with van der Waals surface area (Å²) in [5, 5.41) is 1.02. The third kappa shape index (κ3) is 2.31. The molecule has 1 N–H and O–H groups in total. The maximum atomic E-state index is 11.2. The lowest BCUT2D eigenvalue weighted by Crippen LogP contribution is -2.45. The summed E-state index contributed by atoms with van der Waals surface area (Å²) in [6, 6.07) is 9.38. The Balaban J connectivity index is 1.87. The Morgan fingerprint density at radius 2 is 1.84 bits per heavy atom. The van der Waals surface area contributed by atoms with Gasteiger partial charge >= 0.3 is 0 Å². The van der Waals surface area contributed by atoms with Gasteiger partial charge in [0.05, 0.1) is 0 Å². The van der Waals surface area contributed by atoms with Crippen LogP contribution in [0.1, 0.15) is 0 Å². The third-order valence-electron chi connectivity index (χ3n) is 3.54. The van der Waals surface area contributed by atoms with Crippen molar-refractivity contribution in [3.8, 4) is 0 Å². The van der Waals surface area contributed by atoms with E-state index in [1.54, 1.807) is 4.90 Å². The molecule has 1 fully saturated rings. The summed E-state index contributed by atoms with van der Waals surface area (Å²) in [6.07, 6.45) is 0.905. The first-order chi connectivity index (χ1) is 9.26. The minimum absolute atomic E-state index is 0.0835. The molecule has 5 nitrogen and oxygen atoms in total. The fourth-order valence-electron chi connectivity index (χ4n) is 2.42. The van der Waals surface area contributed by atoms with Crippen molar-refractivity contribution in [3.63, 3.8) is 0 Å². The zero-order chi connectivity index (χ0) is 13.2. The minimum atomic E-state index is -0.0835. The van der Waals surface area contributed by atoms with Crippen molar-refractivity contribution < 1.29 is 4.79 Å². The van der Waals surface area contributed by atoms with Gasteiger partial charge in [-0.1, -0.05) is 0 Å². The molecule has 1 aromatic carbocycles. The molecule has 2 aromatic rings. The third-order valence-corrected chi connectivity index (χ3v) is 3.54. The van der Waals surface area contributed by atoms with Gasteiger partial charge in [0.2, 0.25) is 12.0 Å². The smallest absolute Gasteiger partial charge is 0.248 e. The number of aromatic amines is 1. The molecule has 0 radical (unpaired) electrons. The summed E-state index contributed by atoms with van der Waals surface area (Å²) in [7, 11) is 0. The number of nitrogens with zero attached hydrogens (tertiary/aromatic N) is 2. The van der Waals surface area contributed by atoms with Crippen molar-refractivity contribution in [2.24, 2.45) is 0 Å². The second kappa shape index (κ2) is 4.76. The quantitative estimate of drug-likeness (QED) is 0.810. The molecule has 2 heterocycles. The number of aromatic nitrogens is 1. The first-order valence-electron chi connectivity index (χ1n) is 6.34. The number of H-pyrrole nitrogens is 1. The molecule has 0 bridgehead atoms. The van der Waals surface area contributed by atoms with E-state index in [2.05, 4.69) is 16.0 Å². The van der Waals surface area contributed by atoms with E-state index >= 15 is 0 Å². The van der Waals surface area contributed by atoms with E-state index in [1.165, 1.54) is 6.07 Å². The number of hydrogen-bond acceptors (Lipinski definition) is 3. The van der Waals surface area contributed by atoms with Gasteiger partial charge in [0.15, 0.2) is 0 Å². The predicted octanol–water partition coefficient (Wildman–Crippen LogP) is 0.806. The van der Waals surface area contributed by atoms with E-state index in [4.69, 9.17) is 0 Å². The summed E-state index contributed by atoms with van der Waals surface area (Å²) in [5.41, 5.74) is 1.90. The molecule has 0 aliphatic carbocycles. The predicted molar refractivity (Wildman–Crippen MR) is 74.4 cm³/mol. The number of piperazine rings is 1. The monoisotopic (exact) mass is 257 g/mol. The van der Waals surface area contributed by atoms with Gasteiger partial charge in [0, 0.05) is 48.8 Å². The van der Waals surface area contributed by atoms with Crippen LogP contribution in [0.25, 0.3) is 10.9 Å². The van der Waals surface area contributed by atoms with Crippen LogP contribution in [-0.4, -0.2) is 42.5 Å². The molecule has 1 amide bonds. The van der Waals surface area contributed by atoms with Gasteiger partial charge in [0.1, 0.15) is 0 Å². The topological polar surface area (TPSA) is 56.4 Å². The van der Waals surface area contributed by atoms with E-state index in [-0.39, 0.29) is 5.56 Å². The van der Waals surface area contributed by atoms with Gasteiger partial charge in [-0.2, -0.15) is 0 Å². The molecule has 0 spiro atoms. The number of rotatable bonds is 2. The Bertz CT molecular complexity index is 657. The number of carbonyl (C=O) groups excluding carboxylic acids is 1. The molecule has 19 heavy (non-hydrogen) atoms. The van der Waals surface area contributed by atoms with Crippen LogP contribution in [0.4, 0.5) is 5.69 Å². The highest BCUT2D eigenvalue weighted by Gasteiger charge is 2.15. The van der Waals surface area contributed by atoms with Crippen molar-refractivity contribution in [3.05, 3.63) is 40.7 Å². The Hall–Kier alpha value is -2.30. The number of carbonyl (C=O) groups is 1. The fourth-order valence-corrected chi connectivity index (χ4v) is 2.42. The fraction of sp³-hybridized carbons (Fsp3) is 0.286. The normalized spacial score (nSPS) is 15.8. The Morgan fingerprint density at radius 1 is 1.05 bits per heavy atom. The van der Waals surface area contributed by atoms with E-state index in [0.717, 1.165) is 49.2 Å². The van der Waals surface area contributed by atoms with Crippen molar-refractivity contribution in [1.29, 1.82) is 0 Å². The van der Waals surface area contributed by atoms with Gasteiger partial charge in [-0.15, -0.1) is 0 Å². The first-order valence-corrected chi connectivity index (χ1v) is 6.34. The molecule has 1 aromatic heterocycles. The number of amides is 1. The molecule has 0 atom stereocenters. The number of anilines is 1. The summed E-state index contributed by atoms with van der Waals surface area (Å²) >= 11 is 0. The van der Waals surface area contributed by atoms with Gasteiger partial charge in [-0.05, 0) is 24.3 Å². The Kier molecular flexibility index (Phi) is 2.95. The lowest BCUT2D eigenvalue weighted by Gasteiger charge is -2.34. The maximum absolute atomic E-state index is 11.2. The average molecular weight is 257 g/mol. The lowest BCUT2D eigenvalue weighted by molar-refractivity contribution is -0.118. The highest BCUT2D eigenvalue weighted by molar-refractivity contribution is 5.82. The summed E-state index contributed by atoms with van der Waals surface area (Å²) < 4.78 is 0. The van der Waals surface area contributed by atoms with Crippen molar-refractivity contribution in [1.82, 2.24) is 9.88 Å². The highest BCUT2D eigenvalue weighted by Crippen LogP contribution is 2.21. The van der Waals surface area contributed by atoms with Crippen LogP contribution in [-0.2, 0) is 4.79 Å². The molecule has 0 saturated carbocycles. The molecule has 1 aliphatic rings. The zero-order valence-electron chi connectivity index (χ0n) is 10.5. The van der Waals surface area contributed by atoms with E-state index in [9.17, 15) is 9.59 Å². The van der Waals surface area contributed by atoms with Crippen LogP contribution in [0, 0.1) is 0 Å². The van der Waals surface area contributed by atoms with Crippen LogP contribution in [0.3, 0.4) is 0 Å². The molecular formula is C14H15N3O2. The minimum Gasteiger partial charge on any atom is -0.368 e. The van der Waals surface area contributed by atoms with Crippen LogP contribution in [0.2, 0.25) is 0 Å². The Labute approximate surface area is 110 Å². The average Bonchev–Trinajstić information content (AvgIpc) is 2.47. The van der Waals surface area contributed by atoms with Crippen molar-refractivity contribution in [2.45, 2.75) is 0 Å². The zero-order valence-corrected chi connectivity index (χ0v) is 10.5. The molecule has 3 rings (SSSR count). The SMILES string of the molecule is O=CN1CCN(c2ccc3[nH]c(=O)ccc3c2)CC1. The number of hydrogen-bond donors (Lipinski definition) is 1. The van der Waals surface area contributed by atoms with E-state index in [1.807, 2.05) is 18.2 Å².